The van der Waals surface area contributed by atoms with Crippen LogP contribution >= 0.6 is 27.5 Å². The van der Waals surface area contributed by atoms with Crippen molar-refractivity contribution in [2.45, 2.75) is 6.92 Å². The van der Waals surface area contributed by atoms with Crippen LogP contribution in [-0.2, 0) is 4.79 Å². The van der Waals surface area contributed by atoms with Crippen molar-refractivity contribution in [1.29, 1.82) is 0 Å². The normalized spacial score (nSPS) is 9.77. The van der Waals surface area contributed by atoms with Crippen LogP contribution in [0.2, 0.25) is 5.02 Å². The van der Waals surface area contributed by atoms with Crippen LogP contribution in [0.3, 0.4) is 0 Å². The standard InChI is InChI=1S/C8H8BrClN2O/c1-4(13)12-5-2-6(9)8(11)7(10)3-5/h2-3H,11H2,1H3,(H,12,13). The van der Waals surface area contributed by atoms with Crippen molar-refractivity contribution in [1.82, 2.24) is 0 Å². The van der Waals surface area contributed by atoms with Gasteiger partial charge in [-0.3, -0.25) is 4.79 Å². The molecule has 0 aromatic heterocycles. The molecule has 0 atom stereocenters. The van der Waals surface area contributed by atoms with E-state index in [4.69, 9.17) is 17.3 Å². The van der Waals surface area contributed by atoms with Crippen LogP contribution in [0.15, 0.2) is 16.6 Å². The fourth-order valence-corrected chi connectivity index (χ4v) is 1.65. The summed E-state index contributed by atoms with van der Waals surface area (Å²) in [6, 6.07) is 3.30. The van der Waals surface area contributed by atoms with Crippen molar-refractivity contribution < 1.29 is 4.79 Å². The summed E-state index contributed by atoms with van der Waals surface area (Å²) in [6.07, 6.45) is 0. The second-order valence-corrected chi connectivity index (χ2v) is 3.80. The van der Waals surface area contributed by atoms with Crippen LogP contribution in [0.1, 0.15) is 6.92 Å². The number of carbonyl (C=O) groups is 1. The maximum absolute atomic E-state index is 10.7. The summed E-state index contributed by atoms with van der Waals surface area (Å²) in [6.45, 7) is 1.43. The number of nitrogens with one attached hydrogen (secondary N) is 1. The molecular formula is C8H8BrClN2O. The van der Waals surface area contributed by atoms with Crippen molar-refractivity contribution in [2.24, 2.45) is 0 Å². The largest absolute Gasteiger partial charge is 0.397 e. The van der Waals surface area contributed by atoms with E-state index < -0.39 is 0 Å². The zero-order valence-electron chi connectivity index (χ0n) is 6.90. The van der Waals surface area contributed by atoms with Gasteiger partial charge in [0.2, 0.25) is 5.91 Å². The van der Waals surface area contributed by atoms with Gasteiger partial charge in [0.15, 0.2) is 0 Å². The average Bonchev–Trinajstić information content (AvgIpc) is 1.98. The second-order valence-electron chi connectivity index (χ2n) is 2.53. The molecule has 5 heteroatoms. The number of nitrogen functional groups attached to an aromatic ring is 1. The highest BCUT2D eigenvalue weighted by Crippen LogP contribution is 2.31. The van der Waals surface area contributed by atoms with Gasteiger partial charge in [0.25, 0.3) is 0 Å². The van der Waals surface area contributed by atoms with Gasteiger partial charge in [0.1, 0.15) is 0 Å². The summed E-state index contributed by atoms with van der Waals surface area (Å²) < 4.78 is 0.670. The number of hydrogen-bond donors (Lipinski definition) is 2. The summed E-state index contributed by atoms with van der Waals surface area (Å²) in [5.41, 5.74) is 6.68. The van der Waals surface area contributed by atoms with Crippen molar-refractivity contribution in [3.05, 3.63) is 21.6 Å². The number of anilines is 2. The smallest absolute Gasteiger partial charge is 0.221 e. The van der Waals surface area contributed by atoms with E-state index in [0.29, 0.717) is 20.9 Å². The van der Waals surface area contributed by atoms with Crippen LogP contribution in [0.5, 0.6) is 0 Å². The lowest BCUT2D eigenvalue weighted by molar-refractivity contribution is -0.114. The van der Waals surface area contributed by atoms with E-state index in [1.807, 2.05) is 0 Å². The van der Waals surface area contributed by atoms with Crippen molar-refractivity contribution >= 4 is 44.8 Å². The first-order valence-electron chi connectivity index (χ1n) is 3.53. The molecule has 0 unspecified atom stereocenters. The molecule has 0 spiro atoms. The Kier molecular flexibility index (Phi) is 3.17. The molecule has 70 valence electrons. The van der Waals surface area contributed by atoms with E-state index in [9.17, 15) is 4.79 Å². The predicted molar refractivity (Wildman–Crippen MR) is 57.9 cm³/mol. The van der Waals surface area contributed by atoms with Crippen LogP contribution in [0.25, 0.3) is 0 Å². The lowest BCUT2D eigenvalue weighted by Gasteiger charge is -2.06. The van der Waals surface area contributed by atoms with Gasteiger partial charge in [-0.05, 0) is 28.1 Å². The third kappa shape index (κ3) is 2.60. The van der Waals surface area contributed by atoms with Crippen LogP contribution in [0, 0.1) is 0 Å². The molecule has 13 heavy (non-hydrogen) atoms. The minimum atomic E-state index is -0.146. The third-order valence-electron chi connectivity index (χ3n) is 1.40. The zero-order chi connectivity index (χ0) is 10.0. The maximum Gasteiger partial charge on any atom is 0.221 e. The summed E-state index contributed by atoms with van der Waals surface area (Å²) in [4.78, 5) is 10.7. The summed E-state index contributed by atoms with van der Waals surface area (Å²) >= 11 is 9.02. The number of carbonyl (C=O) groups excluding carboxylic acids is 1. The first-order chi connectivity index (χ1) is 6.00. The molecule has 0 radical (unpaired) electrons. The quantitative estimate of drug-likeness (QED) is 0.765. The molecular weight excluding hydrogens is 255 g/mol. The molecule has 0 aliphatic rings. The van der Waals surface area contributed by atoms with Gasteiger partial charge >= 0.3 is 0 Å². The van der Waals surface area contributed by atoms with E-state index in [2.05, 4.69) is 21.2 Å². The highest BCUT2D eigenvalue weighted by molar-refractivity contribution is 9.10. The highest BCUT2D eigenvalue weighted by Gasteiger charge is 2.04. The van der Waals surface area contributed by atoms with E-state index in [1.165, 1.54) is 6.92 Å². The zero-order valence-corrected chi connectivity index (χ0v) is 9.24. The Labute approximate surface area is 89.4 Å². The van der Waals surface area contributed by atoms with Gasteiger partial charge in [-0.2, -0.15) is 0 Å². The minimum Gasteiger partial charge on any atom is -0.397 e. The van der Waals surface area contributed by atoms with Crippen molar-refractivity contribution in [2.75, 3.05) is 11.1 Å². The van der Waals surface area contributed by atoms with Crippen LogP contribution < -0.4 is 11.1 Å². The third-order valence-corrected chi connectivity index (χ3v) is 2.37. The monoisotopic (exact) mass is 262 g/mol. The summed E-state index contributed by atoms with van der Waals surface area (Å²) in [7, 11) is 0. The first-order valence-corrected chi connectivity index (χ1v) is 4.70. The Morgan fingerprint density at radius 2 is 2.23 bits per heavy atom. The molecule has 0 heterocycles. The number of rotatable bonds is 1. The van der Waals surface area contributed by atoms with E-state index in [-0.39, 0.29) is 5.91 Å². The Bertz CT molecular complexity index is 331. The molecule has 3 N–H and O–H groups in total. The molecule has 1 amide bonds. The molecule has 0 saturated heterocycles. The molecule has 0 bridgehead atoms. The molecule has 0 aliphatic carbocycles. The highest BCUT2D eigenvalue weighted by atomic mass is 79.9. The second kappa shape index (κ2) is 3.98. The lowest BCUT2D eigenvalue weighted by atomic mass is 10.3. The number of amides is 1. The van der Waals surface area contributed by atoms with Gasteiger partial charge in [-0.15, -0.1) is 0 Å². The fraction of sp³-hybridized carbons (Fsp3) is 0.125. The van der Waals surface area contributed by atoms with Gasteiger partial charge in [-0.25, -0.2) is 0 Å². The number of hydrogen-bond acceptors (Lipinski definition) is 2. The van der Waals surface area contributed by atoms with Crippen molar-refractivity contribution in [3.8, 4) is 0 Å². The molecule has 1 aromatic carbocycles. The minimum absolute atomic E-state index is 0.146. The number of nitrogens with two attached hydrogens (primary N) is 1. The summed E-state index contributed by atoms with van der Waals surface area (Å²) in [5.74, 6) is -0.146. The summed E-state index contributed by atoms with van der Waals surface area (Å²) in [5, 5.41) is 3.02. The van der Waals surface area contributed by atoms with E-state index in [1.54, 1.807) is 12.1 Å². The Hall–Kier alpha value is -0.740. The molecule has 3 nitrogen and oxygen atoms in total. The first kappa shape index (κ1) is 10.3. The SMILES string of the molecule is CC(=O)Nc1cc(Cl)c(N)c(Br)c1. The molecule has 0 saturated carbocycles. The predicted octanol–water partition coefficient (Wildman–Crippen LogP) is 2.64. The maximum atomic E-state index is 10.7. The molecule has 0 aliphatic heterocycles. The molecule has 1 aromatic rings. The number of benzene rings is 1. The van der Waals surface area contributed by atoms with E-state index in [0.717, 1.165) is 0 Å². The fourth-order valence-electron chi connectivity index (χ4n) is 0.860. The Balaban J connectivity index is 3.06. The van der Waals surface area contributed by atoms with E-state index >= 15 is 0 Å². The van der Waals surface area contributed by atoms with Crippen LogP contribution in [-0.4, -0.2) is 5.91 Å². The lowest BCUT2D eigenvalue weighted by Crippen LogP contribution is -2.06. The topological polar surface area (TPSA) is 55.1 Å². The Morgan fingerprint density at radius 1 is 1.62 bits per heavy atom. The average molecular weight is 264 g/mol. The molecule has 0 fully saturated rings. The molecule has 1 rings (SSSR count). The van der Waals surface area contributed by atoms with Gasteiger partial charge in [0.05, 0.1) is 10.7 Å². The number of halogens is 2. The van der Waals surface area contributed by atoms with Gasteiger partial charge in [-0.1, -0.05) is 11.6 Å². The Morgan fingerprint density at radius 3 is 2.69 bits per heavy atom. The van der Waals surface area contributed by atoms with Crippen LogP contribution in [0.4, 0.5) is 11.4 Å². The van der Waals surface area contributed by atoms with Gasteiger partial charge in [0, 0.05) is 17.1 Å². The van der Waals surface area contributed by atoms with Gasteiger partial charge < -0.3 is 11.1 Å². The van der Waals surface area contributed by atoms with Crippen molar-refractivity contribution in [3.63, 3.8) is 0 Å².